The van der Waals surface area contributed by atoms with Gasteiger partial charge in [0.25, 0.3) is 0 Å². The van der Waals surface area contributed by atoms with Crippen LogP contribution in [0.15, 0.2) is 18.2 Å². The Kier molecular flexibility index (Phi) is 5.17. The predicted octanol–water partition coefficient (Wildman–Crippen LogP) is 3.02. The van der Waals surface area contributed by atoms with Crippen molar-refractivity contribution in [2.45, 2.75) is 25.8 Å². The zero-order chi connectivity index (χ0) is 14.7. The summed E-state index contributed by atoms with van der Waals surface area (Å²) >= 11 is 6.38. The molecule has 21 heavy (non-hydrogen) atoms. The molecule has 4 heteroatoms. The highest BCUT2D eigenvalue weighted by Gasteiger charge is 2.31. The number of hydrogen-bond acceptors (Lipinski definition) is 3. The van der Waals surface area contributed by atoms with Crippen molar-refractivity contribution >= 4 is 11.6 Å². The molecule has 0 aliphatic carbocycles. The van der Waals surface area contributed by atoms with Crippen LogP contribution in [0.2, 0.25) is 5.02 Å². The smallest absolute Gasteiger partial charge is 0.0469 e. The van der Waals surface area contributed by atoms with Gasteiger partial charge in [-0.2, -0.15) is 0 Å². The largest absolute Gasteiger partial charge is 0.381 e. The Morgan fingerprint density at radius 2 is 1.95 bits per heavy atom. The maximum atomic E-state index is 6.38. The van der Waals surface area contributed by atoms with Crippen molar-refractivity contribution in [3.63, 3.8) is 0 Å². The molecule has 2 aliphatic rings. The minimum atomic E-state index is 0.481. The molecule has 0 unspecified atom stereocenters. The van der Waals surface area contributed by atoms with Crippen molar-refractivity contribution in [2.24, 2.45) is 5.92 Å². The van der Waals surface area contributed by atoms with Gasteiger partial charge in [-0.25, -0.2) is 0 Å². The van der Waals surface area contributed by atoms with Crippen LogP contribution in [0.3, 0.4) is 0 Å². The molecule has 0 spiro atoms. The fraction of sp³-hybridized carbons (Fsp3) is 0.647. The minimum Gasteiger partial charge on any atom is -0.381 e. The molecule has 0 radical (unpaired) electrons. The standard InChI is InChI=1S/C17H25ClN2O/c1-13-2-3-15(12-16(13)18)17(14-4-10-21-11-5-14)20-8-6-19-7-9-20/h2-3,12,14,17,19H,4-11H2,1H3/t17-/m1/s1. The van der Waals surface area contributed by atoms with Crippen molar-refractivity contribution in [3.05, 3.63) is 34.3 Å². The van der Waals surface area contributed by atoms with Gasteiger partial charge in [0.15, 0.2) is 0 Å². The number of aryl methyl sites for hydroxylation is 1. The molecule has 2 saturated heterocycles. The summed E-state index contributed by atoms with van der Waals surface area (Å²) in [5, 5.41) is 4.34. The number of hydrogen-bond donors (Lipinski definition) is 1. The van der Waals surface area contributed by atoms with E-state index in [1.165, 1.54) is 5.56 Å². The summed E-state index contributed by atoms with van der Waals surface area (Å²) in [6, 6.07) is 7.09. The van der Waals surface area contributed by atoms with E-state index < -0.39 is 0 Å². The van der Waals surface area contributed by atoms with Gasteiger partial charge in [0, 0.05) is 50.5 Å². The molecule has 116 valence electrons. The summed E-state index contributed by atoms with van der Waals surface area (Å²) in [7, 11) is 0. The van der Waals surface area contributed by atoms with E-state index in [1.807, 2.05) is 0 Å². The van der Waals surface area contributed by atoms with Crippen LogP contribution in [0.5, 0.6) is 0 Å². The molecular weight excluding hydrogens is 284 g/mol. The van der Waals surface area contributed by atoms with Gasteiger partial charge < -0.3 is 10.1 Å². The molecule has 3 rings (SSSR count). The van der Waals surface area contributed by atoms with Gasteiger partial charge in [-0.05, 0) is 42.9 Å². The van der Waals surface area contributed by atoms with Gasteiger partial charge in [-0.3, -0.25) is 4.90 Å². The fourth-order valence-corrected chi connectivity index (χ4v) is 3.76. The number of piperazine rings is 1. The van der Waals surface area contributed by atoms with E-state index in [-0.39, 0.29) is 0 Å². The molecule has 2 aliphatic heterocycles. The highest BCUT2D eigenvalue weighted by Crippen LogP contribution is 2.36. The SMILES string of the molecule is Cc1ccc([C@@H](C2CCOCC2)N2CCNCC2)cc1Cl. The van der Waals surface area contributed by atoms with E-state index in [0.717, 1.165) is 62.8 Å². The van der Waals surface area contributed by atoms with Crippen LogP contribution in [-0.2, 0) is 4.74 Å². The van der Waals surface area contributed by atoms with Crippen LogP contribution in [-0.4, -0.2) is 44.3 Å². The van der Waals surface area contributed by atoms with E-state index in [0.29, 0.717) is 12.0 Å². The lowest BCUT2D eigenvalue weighted by Crippen LogP contribution is -2.47. The fourth-order valence-electron chi connectivity index (χ4n) is 3.57. The van der Waals surface area contributed by atoms with Crippen LogP contribution >= 0.6 is 11.6 Å². The van der Waals surface area contributed by atoms with Gasteiger partial charge in [0.05, 0.1) is 0 Å². The lowest BCUT2D eigenvalue weighted by Gasteiger charge is -2.41. The molecule has 0 amide bonds. The van der Waals surface area contributed by atoms with Crippen molar-refractivity contribution in [1.29, 1.82) is 0 Å². The average Bonchev–Trinajstić information content (AvgIpc) is 2.53. The highest BCUT2D eigenvalue weighted by molar-refractivity contribution is 6.31. The lowest BCUT2D eigenvalue weighted by atomic mass is 9.85. The zero-order valence-corrected chi connectivity index (χ0v) is 13.5. The van der Waals surface area contributed by atoms with Gasteiger partial charge in [-0.15, -0.1) is 0 Å². The summed E-state index contributed by atoms with van der Waals surface area (Å²) < 4.78 is 5.56. The number of rotatable bonds is 3. The van der Waals surface area contributed by atoms with E-state index in [4.69, 9.17) is 16.3 Å². The highest BCUT2D eigenvalue weighted by atomic mass is 35.5. The number of benzene rings is 1. The molecule has 2 fully saturated rings. The number of nitrogens with one attached hydrogen (secondary N) is 1. The monoisotopic (exact) mass is 308 g/mol. The molecule has 0 aromatic heterocycles. The average molecular weight is 309 g/mol. The number of halogens is 1. The summed E-state index contributed by atoms with van der Waals surface area (Å²) in [6.45, 7) is 8.26. The van der Waals surface area contributed by atoms with Crippen molar-refractivity contribution in [3.8, 4) is 0 Å². The van der Waals surface area contributed by atoms with Gasteiger partial charge >= 0.3 is 0 Å². The molecule has 1 N–H and O–H groups in total. The normalized spacial score (nSPS) is 23.1. The quantitative estimate of drug-likeness (QED) is 0.929. The van der Waals surface area contributed by atoms with E-state index in [1.54, 1.807) is 0 Å². The Bertz CT molecular complexity index is 450. The maximum absolute atomic E-state index is 6.38. The van der Waals surface area contributed by atoms with E-state index >= 15 is 0 Å². The Morgan fingerprint density at radius 3 is 2.62 bits per heavy atom. The van der Waals surface area contributed by atoms with Crippen LogP contribution in [0.1, 0.15) is 30.0 Å². The Balaban J connectivity index is 1.87. The van der Waals surface area contributed by atoms with E-state index in [2.05, 4.69) is 35.3 Å². The van der Waals surface area contributed by atoms with Crippen LogP contribution < -0.4 is 5.32 Å². The first kappa shape index (κ1) is 15.3. The Labute approximate surface area is 132 Å². The van der Waals surface area contributed by atoms with E-state index in [9.17, 15) is 0 Å². The van der Waals surface area contributed by atoms with Crippen molar-refractivity contribution < 1.29 is 4.74 Å². The van der Waals surface area contributed by atoms with Crippen molar-refractivity contribution in [1.82, 2.24) is 10.2 Å². The van der Waals surface area contributed by atoms with Gasteiger partial charge in [0.1, 0.15) is 0 Å². The molecule has 2 heterocycles. The molecule has 1 aromatic carbocycles. The molecule has 1 aromatic rings. The Hall–Kier alpha value is -0.610. The minimum absolute atomic E-state index is 0.481. The maximum Gasteiger partial charge on any atom is 0.0469 e. The first-order valence-corrected chi connectivity index (χ1v) is 8.42. The first-order valence-electron chi connectivity index (χ1n) is 8.04. The zero-order valence-electron chi connectivity index (χ0n) is 12.8. The van der Waals surface area contributed by atoms with Gasteiger partial charge in [0.2, 0.25) is 0 Å². The van der Waals surface area contributed by atoms with Crippen molar-refractivity contribution in [2.75, 3.05) is 39.4 Å². The van der Waals surface area contributed by atoms with Gasteiger partial charge in [-0.1, -0.05) is 23.7 Å². The second-order valence-corrected chi connectivity index (χ2v) is 6.60. The summed E-state index contributed by atoms with van der Waals surface area (Å²) in [6.07, 6.45) is 2.31. The number of nitrogens with zero attached hydrogens (tertiary/aromatic N) is 1. The van der Waals surface area contributed by atoms with Crippen LogP contribution in [0.25, 0.3) is 0 Å². The second-order valence-electron chi connectivity index (χ2n) is 6.19. The summed E-state index contributed by atoms with van der Waals surface area (Å²) in [4.78, 5) is 2.63. The third-order valence-corrected chi connectivity index (χ3v) is 5.20. The van der Waals surface area contributed by atoms with Crippen LogP contribution in [0.4, 0.5) is 0 Å². The molecule has 1 atom stereocenters. The molecule has 3 nitrogen and oxygen atoms in total. The predicted molar refractivity (Wildman–Crippen MR) is 86.9 cm³/mol. The third kappa shape index (κ3) is 3.59. The second kappa shape index (κ2) is 7.10. The third-order valence-electron chi connectivity index (χ3n) is 4.79. The molecular formula is C17H25ClN2O. The summed E-state index contributed by atoms with van der Waals surface area (Å²) in [5.41, 5.74) is 2.53. The topological polar surface area (TPSA) is 24.5 Å². The number of ether oxygens (including phenoxy) is 1. The summed E-state index contributed by atoms with van der Waals surface area (Å²) in [5.74, 6) is 0.677. The first-order chi connectivity index (χ1) is 10.3. The Morgan fingerprint density at radius 1 is 1.24 bits per heavy atom. The van der Waals surface area contributed by atoms with Crippen LogP contribution in [0, 0.1) is 12.8 Å². The molecule has 0 bridgehead atoms. The lowest BCUT2D eigenvalue weighted by molar-refractivity contribution is 0.0213. The molecule has 0 saturated carbocycles.